The van der Waals surface area contributed by atoms with Gasteiger partial charge < -0.3 is 14.4 Å². The van der Waals surface area contributed by atoms with Gasteiger partial charge in [-0.25, -0.2) is 4.79 Å². The molecule has 1 aromatic carbocycles. The molecule has 1 amide bonds. The van der Waals surface area contributed by atoms with Crippen LogP contribution in [0.5, 0.6) is 0 Å². The van der Waals surface area contributed by atoms with E-state index >= 15 is 0 Å². The SMILES string of the molecule is COC(=O)C1CCN(C(=O)COC(=O)c2cccc([N+](=O)[O-])c2)CC1. The Bertz CT molecular complexity index is 681. The van der Waals surface area contributed by atoms with Crippen molar-refractivity contribution in [3.63, 3.8) is 0 Å². The van der Waals surface area contributed by atoms with Crippen LogP contribution in [0.25, 0.3) is 0 Å². The fourth-order valence-electron chi connectivity index (χ4n) is 2.58. The van der Waals surface area contributed by atoms with Crippen LogP contribution in [0.2, 0.25) is 0 Å². The Labute approximate surface area is 143 Å². The van der Waals surface area contributed by atoms with Crippen LogP contribution >= 0.6 is 0 Å². The van der Waals surface area contributed by atoms with E-state index in [0.717, 1.165) is 6.07 Å². The smallest absolute Gasteiger partial charge is 0.338 e. The highest BCUT2D eigenvalue weighted by Gasteiger charge is 2.28. The van der Waals surface area contributed by atoms with Crippen molar-refractivity contribution in [2.75, 3.05) is 26.8 Å². The zero-order chi connectivity index (χ0) is 18.4. The molecule has 25 heavy (non-hydrogen) atoms. The number of nitrogens with zero attached hydrogens (tertiary/aromatic N) is 2. The number of non-ortho nitro benzene ring substituents is 1. The number of hydrogen-bond donors (Lipinski definition) is 0. The number of carbonyl (C=O) groups is 3. The summed E-state index contributed by atoms with van der Waals surface area (Å²) in [6.07, 6.45) is 0.995. The molecule has 0 spiro atoms. The second-order valence-electron chi connectivity index (χ2n) is 5.56. The highest BCUT2D eigenvalue weighted by Crippen LogP contribution is 2.19. The summed E-state index contributed by atoms with van der Waals surface area (Å²) in [4.78, 5) is 47.0. The average molecular weight is 350 g/mol. The molecule has 0 aliphatic carbocycles. The van der Waals surface area contributed by atoms with E-state index in [9.17, 15) is 24.5 Å². The third kappa shape index (κ3) is 4.75. The lowest BCUT2D eigenvalue weighted by molar-refractivity contribution is -0.384. The van der Waals surface area contributed by atoms with Crippen LogP contribution in [0.1, 0.15) is 23.2 Å². The molecule has 0 bridgehead atoms. The third-order valence-electron chi connectivity index (χ3n) is 4.00. The summed E-state index contributed by atoms with van der Waals surface area (Å²) >= 11 is 0. The number of nitro groups is 1. The first-order chi connectivity index (χ1) is 11.9. The van der Waals surface area contributed by atoms with E-state index in [-0.39, 0.29) is 29.0 Å². The summed E-state index contributed by atoms with van der Waals surface area (Å²) < 4.78 is 9.61. The lowest BCUT2D eigenvalue weighted by atomic mass is 9.97. The van der Waals surface area contributed by atoms with Crippen molar-refractivity contribution >= 4 is 23.5 Å². The van der Waals surface area contributed by atoms with Crippen LogP contribution in [0.3, 0.4) is 0 Å². The van der Waals surface area contributed by atoms with Gasteiger partial charge in [0.05, 0.1) is 23.5 Å². The van der Waals surface area contributed by atoms with Gasteiger partial charge in [0.2, 0.25) is 0 Å². The van der Waals surface area contributed by atoms with Gasteiger partial charge in [-0.1, -0.05) is 6.07 Å². The fraction of sp³-hybridized carbons (Fsp3) is 0.438. The third-order valence-corrected chi connectivity index (χ3v) is 4.00. The molecule has 1 heterocycles. The van der Waals surface area contributed by atoms with E-state index in [1.54, 1.807) is 0 Å². The molecule has 9 nitrogen and oxygen atoms in total. The normalized spacial score (nSPS) is 14.7. The van der Waals surface area contributed by atoms with E-state index in [4.69, 9.17) is 4.74 Å². The molecule has 1 aliphatic heterocycles. The summed E-state index contributed by atoms with van der Waals surface area (Å²) in [5, 5.41) is 10.7. The molecule has 1 aliphatic rings. The Hall–Kier alpha value is -2.97. The van der Waals surface area contributed by atoms with Crippen LogP contribution in [-0.4, -0.2) is 54.5 Å². The Morgan fingerprint density at radius 1 is 1.28 bits per heavy atom. The number of benzene rings is 1. The number of likely N-dealkylation sites (tertiary alicyclic amines) is 1. The predicted molar refractivity (Wildman–Crippen MR) is 84.7 cm³/mol. The monoisotopic (exact) mass is 350 g/mol. The van der Waals surface area contributed by atoms with Gasteiger partial charge >= 0.3 is 11.9 Å². The van der Waals surface area contributed by atoms with E-state index < -0.39 is 17.5 Å². The number of methoxy groups -OCH3 is 1. The maximum absolute atomic E-state index is 12.1. The summed E-state index contributed by atoms with van der Waals surface area (Å²) in [5.74, 6) is -1.69. The summed E-state index contributed by atoms with van der Waals surface area (Å²) in [5.41, 5.74) is -0.225. The maximum Gasteiger partial charge on any atom is 0.338 e. The predicted octanol–water partition coefficient (Wildman–Crippen LogP) is 1.16. The molecular weight excluding hydrogens is 332 g/mol. The minimum absolute atomic E-state index is 0.00593. The molecule has 1 fully saturated rings. The van der Waals surface area contributed by atoms with Crippen LogP contribution in [0.4, 0.5) is 5.69 Å². The first kappa shape index (κ1) is 18.4. The second-order valence-corrected chi connectivity index (χ2v) is 5.56. The Kier molecular flexibility index (Phi) is 6.04. The van der Waals surface area contributed by atoms with Gasteiger partial charge in [-0.15, -0.1) is 0 Å². The minimum atomic E-state index is -0.804. The molecule has 0 N–H and O–H groups in total. The number of amides is 1. The number of nitro benzene ring substituents is 1. The molecule has 0 unspecified atom stereocenters. The van der Waals surface area contributed by atoms with Gasteiger partial charge in [-0.05, 0) is 18.9 Å². The number of ether oxygens (including phenoxy) is 2. The highest BCUT2D eigenvalue weighted by atomic mass is 16.6. The lowest BCUT2D eigenvalue weighted by Crippen LogP contribution is -2.42. The first-order valence-electron chi connectivity index (χ1n) is 7.69. The van der Waals surface area contributed by atoms with E-state index in [1.165, 1.54) is 30.2 Å². The van der Waals surface area contributed by atoms with Crippen LogP contribution in [0.15, 0.2) is 24.3 Å². The van der Waals surface area contributed by atoms with Gasteiger partial charge in [0.25, 0.3) is 11.6 Å². The van der Waals surface area contributed by atoms with Crippen molar-refractivity contribution in [2.24, 2.45) is 5.92 Å². The number of carbonyl (C=O) groups excluding carboxylic acids is 3. The summed E-state index contributed by atoms with van der Waals surface area (Å²) in [6, 6.07) is 5.10. The number of esters is 2. The molecular formula is C16H18N2O7. The molecule has 1 aromatic rings. The average Bonchev–Trinajstić information content (AvgIpc) is 2.65. The Morgan fingerprint density at radius 3 is 2.56 bits per heavy atom. The Balaban J connectivity index is 1.84. The van der Waals surface area contributed by atoms with Crippen molar-refractivity contribution in [2.45, 2.75) is 12.8 Å². The summed E-state index contributed by atoms with van der Waals surface area (Å²) in [7, 11) is 1.33. The molecule has 0 radical (unpaired) electrons. The number of piperidine rings is 1. The molecule has 134 valence electrons. The van der Waals surface area contributed by atoms with Crippen molar-refractivity contribution in [1.82, 2.24) is 4.90 Å². The highest BCUT2D eigenvalue weighted by molar-refractivity contribution is 5.92. The molecule has 2 rings (SSSR count). The number of hydrogen-bond acceptors (Lipinski definition) is 7. The topological polar surface area (TPSA) is 116 Å². The van der Waals surface area contributed by atoms with Gasteiger partial charge in [0.1, 0.15) is 0 Å². The Morgan fingerprint density at radius 2 is 1.96 bits per heavy atom. The quantitative estimate of drug-likeness (QED) is 0.444. The number of rotatable bonds is 5. The zero-order valence-corrected chi connectivity index (χ0v) is 13.7. The molecule has 0 atom stereocenters. The largest absolute Gasteiger partial charge is 0.469 e. The first-order valence-corrected chi connectivity index (χ1v) is 7.69. The standard InChI is InChI=1S/C16H18N2O7/c1-24-15(20)11-5-7-17(8-6-11)14(19)10-25-16(21)12-3-2-4-13(9-12)18(22)23/h2-4,9,11H,5-8,10H2,1H3. The van der Waals surface area contributed by atoms with Gasteiger partial charge in [0.15, 0.2) is 6.61 Å². The van der Waals surface area contributed by atoms with Crippen LogP contribution in [-0.2, 0) is 19.1 Å². The van der Waals surface area contributed by atoms with Crippen molar-refractivity contribution in [3.8, 4) is 0 Å². The van der Waals surface area contributed by atoms with Crippen molar-refractivity contribution in [1.29, 1.82) is 0 Å². The van der Waals surface area contributed by atoms with Gasteiger partial charge in [-0.2, -0.15) is 0 Å². The summed E-state index contributed by atoms with van der Waals surface area (Å²) in [6.45, 7) is 0.310. The minimum Gasteiger partial charge on any atom is -0.469 e. The van der Waals surface area contributed by atoms with Gasteiger partial charge in [-0.3, -0.25) is 19.7 Å². The molecule has 0 saturated carbocycles. The van der Waals surface area contributed by atoms with Crippen LogP contribution < -0.4 is 0 Å². The second kappa shape index (κ2) is 8.22. The van der Waals surface area contributed by atoms with E-state index in [1.807, 2.05) is 0 Å². The molecule has 0 aromatic heterocycles. The van der Waals surface area contributed by atoms with Crippen molar-refractivity contribution < 1.29 is 28.8 Å². The van der Waals surface area contributed by atoms with Crippen molar-refractivity contribution in [3.05, 3.63) is 39.9 Å². The molecule has 9 heteroatoms. The molecule has 1 saturated heterocycles. The fourth-order valence-corrected chi connectivity index (χ4v) is 2.58. The maximum atomic E-state index is 12.1. The van der Waals surface area contributed by atoms with Gasteiger partial charge in [0, 0.05) is 25.2 Å². The van der Waals surface area contributed by atoms with Crippen LogP contribution in [0, 0.1) is 16.0 Å². The van der Waals surface area contributed by atoms with E-state index in [2.05, 4.69) is 4.74 Å². The van der Waals surface area contributed by atoms with E-state index in [0.29, 0.717) is 25.9 Å². The lowest BCUT2D eigenvalue weighted by Gasteiger charge is -2.30. The zero-order valence-electron chi connectivity index (χ0n) is 13.7.